The zero-order valence-electron chi connectivity index (χ0n) is 11.2. The van der Waals surface area contributed by atoms with Crippen LogP contribution in [-0.4, -0.2) is 29.9 Å². The predicted octanol–water partition coefficient (Wildman–Crippen LogP) is 2.15. The summed E-state index contributed by atoms with van der Waals surface area (Å²) in [7, 11) is 1.94. The highest BCUT2D eigenvalue weighted by Gasteiger charge is 2.31. The quantitative estimate of drug-likeness (QED) is 0.815. The van der Waals surface area contributed by atoms with Crippen molar-refractivity contribution in [2.45, 2.75) is 64.0 Å². The van der Waals surface area contributed by atoms with Crippen molar-refractivity contribution in [3.63, 3.8) is 0 Å². The second kappa shape index (κ2) is 5.38. The number of hydrogen-bond donors (Lipinski definition) is 1. The van der Waals surface area contributed by atoms with Crippen LogP contribution in [0.15, 0.2) is 0 Å². The van der Waals surface area contributed by atoms with E-state index < -0.39 is 0 Å². The summed E-state index contributed by atoms with van der Waals surface area (Å²) in [5.41, 5.74) is 6.01. The summed E-state index contributed by atoms with van der Waals surface area (Å²) in [4.78, 5) is 14.1. The van der Waals surface area contributed by atoms with E-state index in [2.05, 4.69) is 6.92 Å². The Bertz CT molecular complexity index is 275. The third-order valence-corrected chi connectivity index (χ3v) is 4.41. The van der Waals surface area contributed by atoms with Crippen molar-refractivity contribution >= 4 is 5.91 Å². The lowest BCUT2D eigenvalue weighted by molar-refractivity contribution is -0.134. The number of nitrogens with two attached hydrogens (primary N) is 1. The lowest BCUT2D eigenvalue weighted by Crippen LogP contribution is -2.48. The summed E-state index contributed by atoms with van der Waals surface area (Å²) in [5.74, 6) is 1.65. The van der Waals surface area contributed by atoms with Crippen molar-refractivity contribution in [2.24, 2.45) is 17.6 Å². The van der Waals surface area contributed by atoms with Crippen molar-refractivity contribution < 1.29 is 4.79 Å². The summed E-state index contributed by atoms with van der Waals surface area (Å²) in [6.45, 7) is 2.29. The van der Waals surface area contributed by atoms with Gasteiger partial charge in [-0.3, -0.25) is 4.79 Å². The van der Waals surface area contributed by atoms with Crippen LogP contribution in [0.3, 0.4) is 0 Å². The van der Waals surface area contributed by atoms with Crippen LogP contribution in [0.1, 0.15) is 51.9 Å². The van der Waals surface area contributed by atoms with E-state index in [9.17, 15) is 4.79 Å². The Balaban J connectivity index is 1.84. The molecule has 2 aliphatic rings. The third kappa shape index (κ3) is 3.44. The SMILES string of the molecule is CC1CCCC(N(C)C(=O)[C@@H](N)CC2CC2)C1. The minimum Gasteiger partial charge on any atom is -0.341 e. The van der Waals surface area contributed by atoms with E-state index in [1.54, 1.807) is 0 Å². The number of carbonyl (C=O) groups excluding carboxylic acids is 1. The standard InChI is InChI=1S/C14H26N2O/c1-10-4-3-5-12(8-10)16(2)14(17)13(15)9-11-6-7-11/h10-13H,3-9,15H2,1-2H3/t10?,12?,13-/m0/s1. The van der Waals surface area contributed by atoms with Crippen LogP contribution < -0.4 is 5.73 Å². The first-order valence-corrected chi connectivity index (χ1v) is 7.10. The number of likely N-dealkylation sites (N-methyl/N-ethyl adjacent to an activating group) is 1. The minimum atomic E-state index is -0.260. The molecule has 2 N–H and O–H groups in total. The Morgan fingerprint density at radius 2 is 2.06 bits per heavy atom. The van der Waals surface area contributed by atoms with Crippen LogP contribution in [0.5, 0.6) is 0 Å². The van der Waals surface area contributed by atoms with Crippen LogP contribution in [0.4, 0.5) is 0 Å². The molecule has 2 aliphatic carbocycles. The second-order valence-corrected chi connectivity index (χ2v) is 6.16. The molecule has 1 amide bonds. The van der Waals surface area contributed by atoms with Crippen LogP contribution >= 0.6 is 0 Å². The first-order chi connectivity index (χ1) is 8.08. The van der Waals surface area contributed by atoms with Gasteiger partial charge in [0.2, 0.25) is 5.91 Å². The minimum absolute atomic E-state index is 0.163. The number of amides is 1. The molecule has 0 aromatic heterocycles. The maximum atomic E-state index is 12.2. The Morgan fingerprint density at radius 3 is 2.65 bits per heavy atom. The topological polar surface area (TPSA) is 46.3 Å². The van der Waals surface area contributed by atoms with E-state index in [-0.39, 0.29) is 11.9 Å². The molecular weight excluding hydrogens is 212 g/mol. The average Bonchev–Trinajstić information content (AvgIpc) is 3.11. The van der Waals surface area contributed by atoms with Gasteiger partial charge in [-0.1, -0.05) is 32.6 Å². The molecule has 3 atom stereocenters. The van der Waals surface area contributed by atoms with Crippen molar-refractivity contribution in [3.05, 3.63) is 0 Å². The van der Waals surface area contributed by atoms with E-state index in [1.807, 2.05) is 11.9 Å². The fraction of sp³-hybridized carbons (Fsp3) is 0.929. The zero-order chi connectivity index (χ0) is 12.4. The molecule has 0 aliphatic heterocycles. The van der Waals surface area contributed by atoms with Gasteiger partial charge in [0, 0.05) is 13.1 Å². The third-order valence-electron chi connectivity index (χ3n) is 4.41. The van der Waals surface area contributed by atoms with E-state index in [4.69, 9.17) is 5.73 Å². The molecule has 0 aromatic carbocycles. The highest BCUT2D eigenvalue weighted by Crippen LogP contribution is 2.34. The van der Waals surface area contributed by atoms with Gasteiger partial charge in [0.05, 0.1) is 6.04 Å². The van der Waals surface area contributed by atoms with Crippen molar-refractivity contribution in [2.75, 3.05) is 7.05 Å². The van der Waals surface area contributed by atoms with Crippen molar-refractivity contribution in [3.8, 4) is 0 Å². The molecule has 0 bridgehead atoms. The molecule has 3 heteroatoms. The largest absolute Gasteiger partial charge is 0.341 e. The van der Waals surface area contributed by atoms with Gasteiger partial charge < -0.3 is 10.6 Å². The molecule has 2 saturated carbocycles. The first kappa shape index (κ1) is 12.9. The molecule has 0 heterocycles. The summed E-state index contributed by atoms with van der Waals surface area (Å²) >= 11 is 0. The lowest BCUT2D eigenvalue weighted by Gasteiger charge is -2.35. The summed E-state index contributed by atoms with van der Waals surface area (Å²) in [6.07, 6.45) is 8.30. The fourth-order valence-electron chi connectivity index (χ4n) is 3.01. The van der Waals surface area contributed by atoms with Gasteiger partial charge in [-0.15, -0.1) is 0 Å². The van der Waals surface area contributed by atoms with Gasteiger partial charge in [0.1, 0.15) is 0 Å². The summed E-state index contributed by atoms with van der Waals surface area (Å²) < 4.78 is 0. The Morgan fingerprint density at radius 1 is 1.35 bits per heavy atom. The number of carbonyl (C=O) groups is 1. The highest BCUT2D eigenvalue weighted by molar-refractivity contribution is 5.81. The fourth-order valence-corrected chi connectivity index (χ4v) is 3.01. The zero-order valence-corrected chi connectivity index (χ0v) is 11.2. The lowest BCUT2D eigenvalue weighted by atomic mass is 9.86. The highest BCUT2D eigenvalue weighted by atomic mass is 16.2. The van der Waals surface area contributed by atoms with Crippen LogP contribution in [0.2, 0.25) is 0 Å². The molecular formula is C14H26N2O. The molecule has 0 saturated heterocycles. The molecule has 2 fully saturated rings. The molecule has 2 unspecified atom stereocenters. The molecule has 3 nitrogen and oxygen atoms in total. The Kier molecular flexibility index (Phi) is 4.08. The smallest absolute Gasteiger partial charge is 0.239 e. The second-order valence-electron chi connectivity index (χ2n) is 6.16. The van der Waals surface area contributed by atoms with E-state index >= 15 is 0 Å². The molecule has 0 radical (unpaired) electrons. The maximum absolute atomic E-state index is 12.2. The van der Waals surface area contributed by atoms with Crippen molar-refractivity contribution in [1.29, 1.82) is 0 Å². The number of rotatable bonds is 4. The normalized spacial score (nSPS) is 31.0. The Labute approximate surface area is 105 Å². The van der Waals surface area contributed by atoms with E-state index in [0.717, 1.165) is 31.1 Å². The first-order valence-electron chi connectivity index (χ1n) is 7.10. The van der Waals surface area contributed by atoms with Crippen LogP contribution in [0, 0.1) is 11.8 Å². The van der Waals surface area contributed by atoms with Gasteiger partial charge in [0.15, 0.2) is 0 Å². The molecule has 98 valence electrons. The maximum Gasteiger partial charge on any atom is 0.239 e. The number of hydrogen-bond acceptors (Lipinski definition) is 2. The van der Waals surface area contributed by atoms with Gasteiger partial charge in [-0.05, 0) is 31.1 Å². The van der Waals surface area contributed by atoms with Gasteiger partial charge in [-0.2, -0.15) is 0 Å². The Hall–Kier alpha value is -0.570. The van der Waals surface area contributed by atoms with Gasteiger partial charge in [0.25, 0.3) is 0 Å². The van der Waals surface area contributed by atoms with Crippen LogP contribution in [0.25, 0.3) is 0 Å². The molecule has 0 spiro atoms. The van der Waals surface area contributed by atoms with E-state index in [0.29, 0.717) is 6.04 Å². The monoisotopic (exact) mass is 238 g/mol. The van der Waals surface area contributed by atoms with Crippen LogP contribution in [-0.2, 0) is 4.79 Å². The summed E-state index contributed by atoms with van der Waals surface area (Å²) in [6, 6.07) is 0.168. The molecule has 2 rings (SSSR count). The van der Waals surface area contributed by atoms with Crippen molar-refractivity contribution in [1.82, 2.24) is 4.90 Å². The molecule has 17 heavy (non-hydrogen) atoms. The molecule has 0 aromatic rings. The predicted molar refractivity (Wildman–Crippen MR) is 69.5 cm³/mol. The van der Waals surface area contributed by atoms with Gasteiger partial charge >= 0.3 is 0 Å². The van der Waals surface area contributed by atoms with Gasteiger partial charge in [-0.25, -0.2) is 0 Å². The number of nitrogens with zero attached hydrogens (tertiary/aromatic N) is 1. The average molecular weight is 238 g/mol. The van der Waals surface area contributed by atoms with E-state index in [1.165, 1.54) is 25.7 Å². The summed E-state index contributed by atoms with van der Waals surface area (Å²) in [5, 5.41) is 0.